The molecule has 1 amide bonds. The van der Waals surface area contributed by atoms with Gasteiger partial charge < -0.3 is 10.2 Å². The highest BCUT2D eigenvalue weighted by atomic mass is 16.2. The fourth-order valence-electron chi connectivity index (χ4n) is 2.69. The molecule has 27 heavy (non-hydrogen) atoms. The molecule has 0 fully saturated rings. The van der Waals surface area contributed by atoms with Gasteiger partial charge in [0.2, 0.25) is 0 Å². The van der Waals surface area contributed by atoms with Crippen LogP contribution in [0, 0.1) is 18.3 Å². The summed E-state index contributed by atoms with van der Waals surface area (Å²) >= 11 is 0. The summed E-state index contributed by atoms with van der Waals surface area (Å²) in [6.45, 7) is 4.44. The highest BCUT2D eigenvalue weighted by Crippen LogP contribution is 2.19. The molecule has 3 aromatic rings. The van der Waals surface area contributed by atoms with Gasteiger partial charge in [-0.3, -0.25) is 4.79 Å². The number of carbonyl (C=O) groups excluding carboxylic acids is 1. The summed E-state index contributed by atoms with van der Waals surface area (Å²) < 4.78 is 0. The maximum Gasteiger partial charge on any atom is 0.278 e. The van der Waals surface area contributed by atoms with Crippen molar-refractivity contribution < 1.29 is 4.79 Å². The molecule has 1 aromatic heterocycles. The van der Waals surface area contributed by atoms with Crippen LogP contribution in [0.4, 0.5) is 17.2 Å². The fraction of sp³-hybridized carbons (Fsp3) is 0.143. The molecule has 3 rings (SSSR count). The van der Waals surface area contributed by atoms with Gasteiger partial charge in [-0.2, -0.15) is 5.26 Å². The lowest BCUT2D eigenvalue weighted by molar-refractivity contribution is 0.0983. The average Bonchev–Trinajstić information content (AvgIpc) is 2.69. The number of rotatable bonds is 5. The van der Waals surface area contributed by atoms with E-state index in [4.69, 9.17) is 5.26 Å². The SMILES string of the molecule is CCN(C(=O)c1cnc(Nc2cccc(C#N)c2)cn1)c1cccc(C)c1. The minimum Gasteiger partial charge on any atom is -0.339 e. The van der Waals surface area contributed by atoms with Crippen LogP contribution in [0.1, 0.15) is 28.5 Å². The molecular weight excluding hydrogens is 338 g/mol. The Morgan fingerprint density at radius 3 is 2.63 bits per heavy atom. The normalized spacial score (nSPS) is 10.1. The first-order valence-corrected chi connectivity index (χ1v) is 8.58. The number of nitrogens with one attached hydrogen (secondary N) is 1. The van der Waals surface area contributed by atoms with Crippen molar-refractivity contribution in [1.82, 2.24) is 9.97 Å². The van der Waals surface area contributed by atoms with Crippen LogP contribution in [-0.2, 0) is 0 Å². The summed E-state index contributed by atoms with van der Waals surface area (Å²) in [5.41, 5.74) is 3.48. The molecule has 0 aliphatic carbocycles. The van der Waals surface area contributed by atoms with Crippen molar-refractivity contribution in [2.45, 2.75) is 13.8 Å². The maximum atomic E-state index is 12.8. The number of benzene rings is 2. The molecule has 1 N–H and O–H groups in total. The third-order valence-corrected chi connectivity index (χ3v) is 4.01. The Labute approximate surface area is 158 Å². The molecule has 134 valence electrons. The number of aromatic nitrogens is 2. The van der Waals surface area contributed by atoms with Crippen LogP contribution in [0.3, 0.4) is 0 Å². The highest BCUT2D eigenvalue weighted by Gasteiger charge is 2.18. The largest absolute Gasteiger partial charge is 0.339 e. The predicted octanol–water partition coefficient (Wildman–Crippen LogP) is 4.07. The zero-order chi connectivity index (χ0) is 19.2. The standard InChI is InChI=1S/C21H19N5O/c1-3-26(18-9-4-6-15(2)10-18)21(27)19-13-24-20(14-23-19)25-17-8-5-7-16(11-17)12-22/h4-11,13-14H,3H2,1-2H3,(H,24,25). The van der Waals surface area contributed by atoms with E-state index in [9.17, 15) is 4.79 Å². The van der Waals surface area contributed by atoms with Crippen molar-refractivity contribution in [1.29, 1.82) is 5.26 Å². The molecule has 0 saturated heterocycles. The van der Waals surface area contributed by atoms with Gasteiger partial charge in [0, 0.05) is 17.9 Å². The Hall–Kier alpha value is -3.72. The molecule has 6 heteroatoms. The summed E-state index contributed by atoms with van der Waals surface area (Å²) in [5.74, 6) is 0.300. The van der Waals surface area contributed by atoms with Crippen LogP contribution in [0.25, 0.3) is 0 Å². The predicted molar refractivity (Wildman–Crippen MR) is 105 cm³/mol. The van der Waals surface area contributed by atoms with E-state index in [0.29, 0.717) is 17.9 Å². The number of hydrogen-bond donors (Lipinski definition) is 1. The Morgan fingerprint density at radius 1 is 1.15 bits per heavy atom. The zero-order valence-corrected chi connectivity index (χ0v) is 15.2. The fourth-order valence-corrected chi connectivity index (χ4v) is 2.69. The molecule has 0 aliphatic rings. The van der Waals surface area contributed by atoms with Crippen molar-refractivity contribution in [3.8, 4) is 6.07 Å². The first-order chi connectivity index (χ1) is 13.1. The van der Waals surface area contributed by atoms with Crippen LogP contribution in [0.5, 0.6) is 0 Å². The minimum atomic E-state index is -0.200. The second kappa shape index (κ2) is 8.11. The zero-order valence-electron chi connectivity index (χ0n) is 15.2. The van der Waals surface area contributed by atoms with Crippen LogP contribution >= 0.6 is 0 Å². The number of amides is 1. The van der Waals surface area contributed by atoms with E-state index in [1.165, 1.54) is 12.4 Å². The molecule has 0 saturated carbocycles. The molecule has 0 unspecified atom stereocenters. The monoisotopic (exact) mass is 357 g/mol. The molecule has 0 radical (unpaired) electrons. The van der Waals surface area contributed by atoms with Gasteiger partial charge in [-0.05, 0) is 49.7 Å². The molecular formula is C21H19N5O. The van der Waals surface area contributed by atoms with Crippen molar-refractivity contribution in [2.24, 2.45) is 0 Å². The van der Waals surface area contributed by atoms with Gasteiger partial charge >= 0.3 is 0 Å². The topological polar surface area (TPSA) is 81.9 Å². The molecule has 0 aliphatic heterocycles. The van der Waals surface area contributed by atoms with Crippen molar-refractivity contribution in [2.75, 3.05) is 16.8 Å². The molecule has 0 atom stereocenters. The summed E-state index contributed by atoms with van der Waals surface area (Å²) in [7, 11) is 0. The van der Waals surface area contributed by atoms with Gasteiger partial charge in [0.05, 0.1) is 24.0 Å². The number of carbonyl (C=O) groups is 1. The first-order valence-electron chi connectivity index (χ1n) is 8.58. The summed E-state index contributed by atoms with van der Waals surface area (Å²) in [4.78, 5) is 23.0. The van der Waals surface area contributed by atoms with Crippen LogP contribution in [0.2, 0.25) is 0 Å². The maximum absolute atomic E-state index is 12.8. The average molecular weight is 357 g/mol. The number of aryl methyl sites for hydroxylation is 1. The summed E-state index contributed by atoms with van der Waals surface area (Å²) in [6.07, 6.45) is 2.97. The van der Waals surface area contributed by atoms with Gasteiger partial charge in [0.15, 0.2) is 0 Å². The van der Waals surface area contributed by atoms with Crippen LogP contribution in [-0.4, -0.2) is 22.4 Å². The van der Waals surface area contributed by atoms with E-state index in [1.807, 2.05) is 44.2 Å². The Bertz CT molecular complexity index is 992. The number of anilines is 3. The smallest absolute Gasteiger partial charge is 0.278 e. The molecule has 0 spiro atoms. The van der Waals surface area contributed by atoms with E-state index in [0.717, 1.165) is 16.9 Å². The number of nitrogens with zero attached hydrogens (tertiary/aromatic N) is 4. The lowest BCUT2D eigenvalue weighted by Crippen LogP contribution is -2.31. The highest BCUT2D eigenvalue weighted by molar-refractivity contribution is 6.04. The quantitative estimate of drug-likeness (QED) is 0.744. The van der Waals surface area contributed by atoms with Gasteiger partial charge in [-0.15, -0.1) is 0 Å². The second-order valence-electron chi connectivity index (χ2n) is 5.99. The number of nitriles is 1. The lowest BCUT2D eigenvalue weighted by Gasteiger charge is -2.21. The Morgan fingerprint density at radius 2 is 1.96 bits per heavy atom. The van der Waals surface area contributed by atoms with Crippen LogP contribution in [0.15, 0.2) is 60.9 Å². The van der Waals surface area contributed by atoms with E-state index in [-0.39, 0.29) is 11.6 Å². The van der Waals surface area contributed by atoms with Crippen LogP contribution < -0.4 is 10.2 Å². The first kappa shape index (κ1) is 18.1. The Balaban J connectivity index is 1.77. The van der Waals surface area contributed by atoms with Gasteiger partial charge in [-0.25, -0.2) is 9.97 Å². The van der Waals surface area contributed by atoms with E-state index in [2.05, 4.69) is 21.4 Å². The third-order valence-electron chi connectivity index (χ3n) is 4.01. The van der Waals surface area contributed by atoms with Gasteiger partial charge in [0.1, 0.15) is 11.5 Å². The van der Waals surface area contributed by atoms with Gasteiger partial charge in [0.25, 0.3) is 5.91 Å². The Kier molecular flexibility index (Phi) is 5.43. The van der Waals surface area contributed by atoms with Gasteiger partial charge in [-0.1, -0.05) is 18.2 Å². The van der Waals surface area contributed by atoms with E-state index < -0.39 is 0 Å². The molecule has 1 heterocycles. The summed E-state index contributed by atoms with van der Waals surface area (Å²) in [6, 6.07) is 16.9. The molecule has 2 aromatic carbocycles. The van der Waals surface area contributed by atoms with E-state index >= 15 is 0 Å². The second-order valence-corrected chi connectivity index (χ2v) is 5.99. The van der Waals surface area contributed by atoms with E-state index in [1.54, 1.807) is 23.1 Å². The molecule has 0 bridgehead atoms. The third kappa shape index (κ3) is 4.28. The lowest BCUT2D eigenvalue weighted by atomic mass is 10.2. The number of hydrogen-bond acceptors (Lipinski definition) is 5. The molecule has 6 nitrogen and oxygen atoms in total. The van der Waals surface area contributed by atoms with Crippen molar-refractivity contribution >= 4 is 23.1 Å². The van der Waals surface area contributed by atoms with Crippen molar-refractivity contribution in [3.05, 3.63) is 77.7 Å². The van der Waals surface area contributed by atoms with Crippen molar-refractivity contribution in [3.63, 3.8) is 0 Å². The summed E-state index contributed by atoms with van der Waals surface area (Å²) in [5, 5.41) is 12.0. The minimum absolute atomic E-state index is 0.200.